The zero-order valence-corrected chi connectivity index (χ0v) is 20.4. The third-order valence-electron chi connectivity index (χ3n) is 6.04. The highest BCUT2D eigenvalue weighted by Gasteiger charge is 2.28. The summed E-state index contributed by atoms with van der Waals surface area (Å²) < 4.78 is 55.7. The number of hydrogen-bond acceptors (Lipinski definition) is 2. The van der Waals surface area contributed by atoms with E-state index >= 15 is 0 Å². The van der Waals surface area contributed by atoms with Gasteiger partial charge in [-0.3, -0.25) is 14.5 Å². The molecule has 7 heteroatoms. The average Bonchev–Trinajstić information content (AvgIpc) is 2.84. The van der Waals surface area contributed by atoms with E-state index < -0.39 is 46.2 Å². The third-order valence-corrected chi connectivity index (χ3v) is 6.04. The number of halogens is 4. The van der Waals surface area contributed by atoms with Crippen molar-refractivity contribution in [2.24, 2.45) is 0 Å². The van der Waals surface area contributed by atoms with Gasteiger partial charge in [-0.25, -0.2) is 17.6 Å². The summed E-state index contributed by atoms with van der Waals surface area (Å²) in [4.78, 5) is 26.6. The smallest absolute Gasteiger partial charge is 0.263 e. The van der Waals surface area contributed by atoms with E-state index in [4.69, 9.17) is 0 Å². The molecule has 0 aromatic heterocycles. The summed E-state index contributed by atoms with van der Waals surface area (Å²) in [7, 11) is 0. The SMILES string of the molecule is CCCCCCCCCCCCCCN(C(=O)c1cc(F)ccc1F)C(=O)c1cc(F)ccc1F. The standard InChI is InChI=1S/C28H35F4NO2/c1-2-3-4-5-6-7-8-9-10-11-12-13-18-33(27(34)23-19-21(29)14-16-25(23)31)28(35)24-20-22(30)15-17-26(24)32/h14-17,19-20H,2-13,18H2,1H3. The lowest BCUT2D eigenvalue weighted by molar-refractivity contribution is 0.0607. The molecule has 192 valence electrons. The van der Waals surface area contributed by atoms with Crippen molar-refractivity contribution < 1.29 is 27.2 Å². The number of carbonyl (C=O) groups excluding carboxylic acids is 2. The van der Waals surface area contributed by atoms with Crippen LogP contribution in [0.1, 0.15) is 105 Å². The Morgan fingerprint density at radius 3 is 1.37 bits per heavy atom. The Labute approximate surface area is 205 Å². The summed E-state index contributed by atoms with van der Waals surface area (Å²) in [5, 5.41) is 0. The van der Waals surface area contributed by atoms with E-state index in [1.165, 1.54) is 44.9 Å². The molecule has 0 N–H and O–H groups in total. The fourth-order valence-corrected chi connectivity index (χ4v) is 4.02. The van der Waals surface area contributed by atoms with Crippen LogP contribution in [-0.2, 0) is 0 Å². The second kappa shape index (κ2) is 15.3. The molecule has 0 atom stereocenters. The van der Waals surface area contributed by atoms with E-state index in [2.05, 4.69) is 6.92 Å². The van der Waals surface area contributed by atoms with Crippen LogP contribution >= 0.6 is 0 Å². The maximum absolute atomic E-state index is 14.2. The van der Waals surface area contributed by atoms with Gasteiger partial charge >= 0.3 is 0 Å². The summed E-state index contributed by atoms with van der Waals surface area (Å²) in [6, 6.07) is 4.69. The molecule has 2 amide bonds. The monoisotopic (exact) mass is 493 g/mol. The first kappa shape index (κ1) is 28.5. The van der Waals surface area contributed by atoms with E-state index in [0.29, 0.717) is 29.9 Å². The molecule has 2 aromatic carbocycles. The highest BCUT2D eigenvalue weighted by molar-refractivity contribution is 6.10. The van der Waals surface area contributed by atoms with Crippen LogP contribution in [0.3, 0.4) is 0 Å². The van der Waals surface area contributed by atoms with Gasteiger partial charge in [-0.05, 0) is 42.8 Å². The van der Waals surface area contributed by atoms with Crippen molar-refractivity contribution in [1.82, 2.24) is 4.90 Å². The highest BCUT2D eigenvalue weighted by Crippen LogP contribution is 2.19. The van der Waals surface area contributed by atoms with Crippen LogP contribution in [0, 0.1) is 23.3 Å². The summed E-state index contributed by atoms with van der Waals surface area (Å²) in [6.45, 7) is 2.09. The van der Waals surface area contributed by atoms with Gasteiger partial charge < -0.3 is 0 Å². The predicted octanol–water partition coefficient (Wildman–Crippen LogP) is 8.23. The van der Waals surface area contributed by atoms with Crippen molar-refractivity contribution in [3.8, 4) is 0 Å². The van der Waals surface area contributed by atoms with Crippen molar-refractivity contribution in [3.05, 3.63) is 70.8 Å². The van der Waals surface area contributed by atoms with E-state index in [-0.39, 0.29) is 6.54 Å². The van der Waals surface area contributed by atoms with Gasteiger partial charge in [0.15, 0.2) is 0 Å². The molecule has 0 aliphatic carbocycles. The molecule has 0 saturated carbocycles. The molecule has 3 nitrogen and oxygen atoms in total. The zero-order chi connectivity index (χ0) is 25.6. The molecule has 0 aliphatic rings. The van der Waals surface area contributed by atoms with Gasteiger partial charge in [0.25, 0.3) is 11.8 Å². The van der Waals surface area contributed by atoms with Crippen molar-refractivity contribution >= 4 is 11.8 Å². The largest absolute Gasteiger partial charge is 0.274 e. The van der Waals surface area contributed by atoms with Gasteiger partial charge in [0.1, 0.15) is 23.3 Å². The number of benzene rings is 2. The molecule has 0 radical (unpaired) electrons. The summed E-state index contributed by atoms with van der Waals surface area (Å²) in [5.74, 6) is -5.85. The maximum Gasteiger partial charge on any atom is 0.263 e. The Bertz CT molecular complexity index is 900. The molecule has 35 heavy (non-hydrogen) atoms. The van der Waals surface area contributed by atoms with Crippen LogP contribution in [0.25, 0.3) is 0 Å². The molecule has 0 unspecified atom stereocenters. The number of nitrogens with zero attached hydrogens (tertiary/aromatic N) is 1. The number of imide groups is 1. The Kier molecular flexibility index (Phi) is 12.5. The van der Waals surface area contributed by atoms with Crippen LogP contribution < -0.4 is 0 Å². The second-order valence-corrected chi connectivity index (χ2v) is 8.90. The molecule has 0 spiro atoms. The summed E-state index contributed by atoms with van der Waals surface area (Å²) in [6.07, 6.45) is 12.9. The van der Waals surface area contributed by atoms with Crippen molar-refractivity contribution in [2.45, 2.75) is 84.0 Å². The fraction of sp³-hybridized carbons (Fsp3) is 0.500. The fourth-order valence-electron chi connectivity index (χ4n) is 4.02. The molecule has 2 aromatic rings. The van der Waals surface area contributed by atoms with Gasteiger partial charge in [-0.2, -0.15) is 0 Å². The number of hydrogen-bond donors (Lipinski definition) is 0. The van der Waals surface area contributed by atoms with Gasteiger partial charge in [0.2, 0.25) is 0 Å². The molecular weight excluding hydrogens is 458 g/mol. The normalized spacial score (nSPS) is 11.0. The second-order valence-electron chi connectivity index (χ2n) is 8.90. The number of unbranched alkanes of at least 4 members (excludes halogenated alkanes) is 11. The average molecular weight is 494 g/mol. The van der Waals surface area contributed by atoms with E-state index in [1.807, 2.05) is 0 Å². The lowest BCUT2D eigenvalue weighted by Gasteiger charge is -2.22. The zero-order valence-electron chi connectivity index (χ0n) is 20.4. The topological polar surface area (TPSA) is 37.4 Å². The number of amides is 2. The molecule has 0 saturated heterocycles. The Morgan fingerprint density at radius 1 is 0.600 bits per heavy atom. The van der Waals surface area contributed by atoms with Gasteiger partial charge in [-0.15, -0.1) is 0 Å². The summed E-state index contributed by atoms with van der Waals surface area (Å²) in [5.41, 5.74) is -1.26. The van der Waals surface area contributed by atoms with Crippen LogP contribution in [0.2, 0.25) is 0 Å². The minimum atomic E-state index is -1.08. The minimum absolute atomic E-state index is 0.110. The van der Waals surface area contributed by atoms with Crippen molar-refractivity contribution in [3.63, 3.8) is 0 Å². The van der Waals surface area contributed by atoms with Gasteiger partial charge in [0.05, 0.1) is 11.1 Å². The van der Waals surface area contributed by atoms with Crippen LogP contribution in [0.5, 0.6) is 0 Å². The minimum Gasteiger partial charge on any atom is -0.274 e. The van der Waals surface area contributed by atoms with Gasteiger partial charge in [-0.1, -0.05) is 77.6 Å². The van der Waals surface area contributed by atoms with Crippen LogP contribution in [0.15, 0.2) is 36.4 Å². The maximum atomic E-state index is 14.2. The molecule has 0 fully saturated rings. The van der Waals surface area contributed by atoms with Crippen LogP contribution in [-0.4, -0.2) is 23.3 Å². The molecule has 0 bridgehead atoms. The predicted molar refractivity (Wildman–Crippen MR) is 129 cm³/mol. The lowest BCUT2D eigenvalue weighted by Crippen LogP contribution is -2.38. The summed E-state index contributed by atoms with van der Waals surface area (Å²) >= 11 is 0. The lowest BCUT2D eigenvalue weighted by atomic mass is 10.0. The third kappa shape index (κ3) is 9.46. The van der Waals surface area contributed by atoms with E-state index in [9.17, 15) is 27.2 Å². The van der Waals surface area contributed by atoms with E-state index in [1.54, 1.807) is 0 Å². The number of carbonyl (C=O) groups is 2. The highest BCUT2D eigenvalue weighted by atomic mass is 19.1. The first-order valence-corrected chi connectivity index (χ1v) is 12.6. The van der Waals surface area contributed by atoms with Crippen LogP contribution in [0.4, 0.5) is 17.6 Å². The quantitative estimate of drug-likeness (QED) is 0.142. The number of rotatable bonds is 15. The molecular formula is C28H35F4NO2. The molecule has 0 aliphatic heterocycles. The first-order valence-electron chi connectivity index (χ1n) is 12.6. The molecule has 0 heterocycles. The first-order chi connectivity index (χ1) is 16.8. The Hall–Kier alpha value is -2.70. The Morgan fingerprint density at radius 2 is 0.971 bits per heavy atom. The van der Waals surface area contributed by atoms with Gasteiger partial charge in [0, 0.05) is 6.54 Å². The molecule has 2 rings (SSSR count). The van der Waals surface area contributed by atoms with Crippen molar-refractivity contribution in [2.75, 3.05) is 6.54 Å². The van der Waals surface area contributed by atoms with E-state index in [0.717, 1.165) is 43.5 Å². The Balaban J connectivity index is 1.93. The van der Waals surface area contributed by atoms with Crippen molar-refractivity contribution in [1.29, 1.82) is 0 Å².